The summed E-state index contributed by atoms with van der Waals surface area (Å²) < 4.78 is 13.9. The first-order valence-electron chi connectivity index (χ1n) is 7.81. The maximum Gasteiger partial charge on any atom is 0.213 e. The van der Waals surface area contributed by atoms with E-state index in [1.54, 1.807) is 6.92 Å². The van der Waals surface area contributed by atoms with Crippen LogP contribution in [0.25, 0.3) is 0 Å². The van der Waals surface area contributed by atoms with Gasteiger partial charge in [-0.25, -0.2) is 4.98 Å². The number of hydrogen-bond acceptors (Lipinski definition) is 2. The number of benzene rings is 2. The Morgan fingerprint density at radius 3 is 1.92 bits per heavy atom. The van der Waals surface area contributed by atoms with Crippen LogP contribution < -0.4 is 0 Å². The Morgan fingerprint density at radius 1 is 0.958 bits per heavy atom. The molecule has 3 rings (SSSR count). The maximum atomic E-state index is 13.9. The van der Waals surface area contributed by atoms with Crippen molar-refractivity contribution in [2.45, 2.75) is 19.3 Å². The van der Waals surface area contributed by atoms with Crippen molar-refractivity contribution in [3.05, 3.63) is 101 Å². The lowest BCUT2D eigenvalue weighted by molar-refractivity contribution is -0.119. The van der Waals surface area contributed by atoms with Crippen molar-refractivity contribution < 1.29 is 9.18 Å². The van der Waals surface area contributed by atoms with Crippen molar-refractivity contribution in [3.63, 3.8) is 0 Å². The molecule has 0 saturated carbocycles. The zero-order chi connectivity index (χ0) is 17.2. The van der Waals surface area contributed by atoms with Crippen LogP contribution >= 0.6 is 0 Å². The van der Waals surface area contributed by atoms with Crippen LogP contribution in [0.15, 0.2) is 72.9 Å². The first-order chi connectivity index (χ1) is 11.6. The van der Waals surface area contributed by atoms with E-state index < -0.39 is 11.4 Å². The Bertz CT molecular complexity index is 820. The van der Waals surface area contributed by atoms with Gasteiger partial charge in [0.15, 0.2) is 0 Å². The Hall–Kier alpha value is -2.81. The fraction of sp³-hybridized carbons (Fsp3) is 0.143. The van der Waals surface area contributed by atoms with E-state index in [1.165, 1.54) is 12.3 Å². The summed E-state index contributed by atoms with van der Waals surface area (Å²) in [7, 11) is 0. The molecule has 0 aliphatic carbocycles. The predicted octanol–water partition coefficient (Wildman–Crippen LogP) is 4.45. The molecule has 120 valence electrons. The highest BCUT2D eigenvalue weighted by atomic mass is 19.1. The number of aryl methyl sites for hydroxylation is 1. The number of pyridine rings is 1. The smallest absolute Gasteiger partial charge is 0.213 e. The van der Waals surface area contributed by atoms with Crippen LogP contribution in [0.2, 0.25) is 0 Å². The molecular weight excluding hydrogens is 301 g/mol. The van der Waals surface area contributed by atoms with Crippen LogP contribution in [0.3, 0.4) is 0 Å². The second kappa shape index (κ2) is 6.36. The Balaban J connectivity index is 2.44. The van der Waals surface area contributed by atoms with Crippen molar-refractivity contribution in [3.8, 4) is 0 Å². The van der Waals surface area contributed by atoms with Gasteiger partial charge in [-0.3, -0.25) is 4.79 Å². The van der Waals surface area contributed by atoms with Gasteiger partial charge in [-0.2, -0.15) is 4.39 Å². The zero-order valence-electron chi connectivity index (χ0n) is 13.7. The number of rotatable bonds is 4. The molecule has 2 nitrogen and oxygen atoms in total. The largest absolute Gasteiger partial charge is 0.298 e. The molecule has 0 radical (unpaired) electrons. The number of nitrogens with zero attached hydrogens (tertiary/aromatic N) is 1. The van der Waals surface area contributed by atoms with Gasteiger partial charge in [0.05, 0.1) is 0 Å². The van der Waals surface area contributed by atoms with Gasteiger partial charge < -0.3 is 0 Å². The highest BCUT2D eigenvalue weighted by Crippen LogP contribution is 2.41. The highest BCUT2D eigenvalue weighted by molar-refractivity contribution is 5.96. The molecule has 0 bridgehead atoms. The Kier molecular flexibility index (Phi) is 4.26. The third kappa shape index (κ3) is 2.52. The molecule has 0 amide bonds. The summed E-state index contributed by atoms with van der Waals surface area (Å²) in [6, 6.07) is 20.4. The van der Waals surface area contributed by atoms with Gasteiger partial charge in [-0.15, -0.1) is 0 Å². The molecule has 0 atom stereocenters. The molecule has 1 heterocycles. The number of halogens is 1. The molecule has 0 spiro atoms. The molecule has 3 aromatic rings. The number of Topliss-reactive ketones (excluding diaryl/α,β-unsaturated/α-hetero) is 1. The number of carbonyl (C=O) groups excluding carboxylic acids is 1. The van der Waals surface area contributed by atoms with Crippen molar-refractivity contribution in [2.24, 2.45) is 0 Å². The number of ketones is 1. The first-order valence-corrected chi connectivity index (χ1v) is 7.81. The summed E-state index contributed by atoms with van der Waals surface area (Å²) >= 11 is 0. The topological polar surface area (TPSA) is 30.0 Å². The Morgan fingerprint density at radius 2 is 1.46 bits per heavy atom. The number of hydrogen-bond donors (Lipinski definition) is 0. The van der Waals surface area contributed by atoms with Crippen LogP contribution in [0.5, 0.6) is 0 Å². The molecule has 0 aliphatic heterocycles. The highest BCUT2D eigenvalue weighted by Gasteiger charge is 2.42. The minimum absolute atomic E-state index is 0.0615. The number of carbonyl (C=O) groups is 1. The van der Waals surface area contributed by atoms with E-state index in [2.05, 4.69) is 4.98 Å². The van der Waals surface area contributed by atoms with Gasteiger partial charge in [0.2, 0.25) is 5.95 Å². The van der Waals surface area contributed by atoms with E-state index in [0.29, 0.717) is 5.56 Å². The fourth-order valence-electron chi connectivity index (χ4n) is 3.35. The van der Waals surface area contributed by atoms with Gasteiger partial charge >= 0.3 is 0 Å². The summed E-state index contributed by atoms with van der Waals surface area (Å²) in [6.07, 6.45) is 1.48. The normalized spacial score (nSPS) is 11.3. The van der Waals surface area contributed by atoms with Crippen molar-refractivity contribution in [1.82, 2.24) is 4.98 Å². The summed E-state index contributed by atoms with van der Waals surface area (Å²) in [5.74, 6) is -0.651. The van der Waals surface area contributed by atoms with E-state index in [9.17, 15) is 9.18 Å². The molecule has 0 N–H and O–H groups in total. The van der Waals surface area contributed by atoms with Gasteiger partial charge in [0.25, 0.3) is 0 Å². The lowest BCUT2D eigenvalue weighted by atomic mass is 9.66. The molecule has 0 unspecified atom stereocenters. The lowest BCUT2D eigenvalue weighted by Crippen LogP contribution is -2.37. The second-order valence-electron chi connectivity index (χ2n) is 5.86. The standard InChI is InChI=1S/C21H18FNO/c1-15-14-23-20(22)13-19(15)21(16(2)24,17-9-5-3-6-10-17)18-11-7-4-8-12-18/h3-14H,1-2H3. The van der Waals surface area contributed by atoms with Gasteiger partial charge in [-0.1, -0.05) is 60.7 Å². The fourth-order valence-corrected chi connectivity index (χ4v) is 3.35. The summed E-state index contributed by atoms with van der Waals surface area (Å²) in [5, 5.41) is 0. The maximum absolute atomic E-state index is 13.9. The quantitative estimate of drug-likeness (QED) is 0.665. The van der Waals surface area contributed by atoms with Crippen LogP contribution in [0, 0.1) is 12.9 Å². The molecule has 0 fully saturated rings. The SMILES string of the molecule is CC(=O)C(c1ccccc1)(c1ccccc1)c1cc(F)ncc1C. The molecule has 3 heteroatoms. The van der Waals surface area contributed by atoms with Crippen LogP contribution in [-0.4, -0.2) is 10.8 Å². The molecular formula is C21H18FNO. The molecule has 2 aromatic carbocycles. The second-order valence-corrected chi connectivity index (χ2v) is 5.86. The summed E-state index contributed by atoms with van der Waals surface area (Å²) in [6.45, 7) is 3.41. The first kappa shape index (κ1) is 16.1. The average molecular weight is 319 g/mol. The van der Waals surface area contributed by atoms with Crippen molar-refractivity contribution in [1.29, 1.82) is 0 Å². The van der Waals surface area contributed by atoms with Crippen molar-refractivity contribution >= 4 is 5.78 Å². The van der Waals surface area contributed by atoms with Crippen molar-refractivity contribution in [2.75, 3.05) is 0 Å². The van der Waals surface area contributed by atoms with Gasteiger partial charge in [0, 0.05) is 6.20 Å². The van der Waals surface area contributed by atoms with E-state index in [-0.39, 0.29) is 5.78 Å². The Labute approximate surface area is 141 Å². The van der Waals surface area contributed by atoms with Crippen LogP contribution in [-0.2, 0) is 10.2 Å². The van der Waals surface area contributed by atoms with Gasteiger partial charge in [-0.05, 0) is 42.2 Å². The van der Waals surface area contributed by atoms with Crippen LogP contribution in [0.4, 0.5) is 4.39 Å². The van der Waals surface area contributed by atoms with E-state index in [4.69, 9.17) is 0 Å². The van der Waals surface area contributed by atoms with E-state index in [0.717, 1.165) is 16.7 Å². The zero-order valence-corrected chi connectivity index (χ0v) is 13.7. The predicted molar refractivity (Wildman–Crippen MR) is 92.4 cm³/mol. The van der Waals surface area contributed by atoms with Crippen LogP contribution in [0.1, 0.15) is 29.2 Å². The van der Waals surface area contributed by atoms with E-state index in [1.807, 2.05) is 67.6 Å². The van der Waals surface area contributed by atoms with E-state index >= 15 is 0 Å². The molecule has 1 aromatic heterocycles. The third-order valence-electron chi connectivity index (χ3n) is 4.42. The van der Waals surface area contributed by atoms with Gasteiger partial charge in [0.1, 0.15) is 11.2 Å². The monoisotopic (exact) mass is 319 g/mol. The molecule has 0 aliphatic rings. The third-order valence-corrected chi connectivity index (χ3v) is 4.42. The lowest BCUT2D eigenvalue weighted by Gasteiger charge is -2.34. The minimum atomic E-state index is -1.06. The summed E-state index contributed by atoms with van der Waals surface area (Å²) in [4.78, 5) is 16.7. The molecule has 24 heavy (non-hydrogen) atoms. The summed E-state index contributed by atoms with van der Waals surface area (Å²) in [5.41, 5.74) is 1.98. The molecule has 0 saturated heterocycles. The minimum Gasteiger partial charge on any atom is -0.298 e. The number of aromatic nitrogens is 1. The average Bonchev–Trinajstić information content (AvgIpc) is 2.60.